The predicted molar refractivity (Wildman–Crippen MR) is 78.6 cm³/mol. The van der Waals surface area contributed by atoms with Crippen LogP contribution in [0.2, 0.25) is 0 Å². The van der Waals surface area contributed by atoms with Crippen molar-refractivity contribution in [2.24, 2.45) is 0 Å². The highest BCUT2D eigenvalue weighted by molar-refractivity contribution is 7.10. The molecule has 1 aliphatic heterocycles. The van der Waals surface area contributed by atoms with Crippen molar-refractivity contribution in [3.8, 4) is 0 Å². The second kappa shape index (κ2) is 5.27. The van der Waals surface area contributed by atoms with Gasteiger partial charge in [0, 0.05) is 24.2 Å². The molecule has 0 radical (unpaired) electrons. The fraction of sp³-hybridized carbons (Fsp3) is 0.429. The maximum atomic E-state index is 4.70. The Labute approximate surface area is 117 Å². The van der Waals surface area contributed by atoms with Crippen LogP contribution in [0.5, 0.6) is 0 Å². The van der Waals surface area contributed by atoms with Crippen LogP contribution in [-0.4, -0.2) is 23.6 Å². The lowest BCUT2D eigenvalue weighted by Gasteiger charge is -2.34. The van der Waals surface area contributed by atoms with E-state index < -0.39 is 0 Å². The van der Waals surface area contributed by atoms with Crippen LogP contribution in [0.4, 0.5) is 5.82 Å². The molecule has 4 nitrogen and oxygen atoms in total. The molecule has 0 saturated heterocycles. The Bertz CT molecular complexity index is 566. The summed E-state index contributed by atoms with van der Waals surface area (Å²) in [5.41, 5.74) is 2.43. The van der Waals surface area contributed by atoms with Crippen molar-refractivity contribution in [2.45, 2.75) is 25.9 Å². The molecule has 1 aliphatic rings. The molecule has 100 valence electrons. The van der Waals surface area contributed by atoms with Gasteiger partial charge in [0.25, 0.3) is 0 Å². The minimum absolute atomic E-state index is 0.383. The third-order valence-electron chi connectivity index (χ3n) is 3.60. The normalized spacial score (nSPS) is 18.4. The van der Waals surface area contributed by atoms with Gasteiger partial charge in [-0.1, -0.05) is 0 Å². The van der Waals surface area contributed by atoms with Gasteiger partial charge in [-0.15, -0.1) is 11.3 Å². The Balaban J connectivity index is 1.89. The van der Waals surface area contributed by atoms with E-state index in [9.17, 15) is 0 Å². The summed E-state index contributed by atoms with van der Waals surface area (Å²) < 4.78 is 0. The van der Waals surface area contributed by atoms with Gasteiger partial charge in [-0.25, -0.2) is 4.98 Å². The van der Waals surface area contributed by atoms with E-state index in [0.29, 0.717) is 6.04 Å². The molecular formula is C14H18N4S. The average molecular weight is 274 g/mol. The van der Waals surface area contributed by atoms with Crippen molar-refractivity contribution in [3.05, 3.63) is 40.0 Å². The predicted octanol–water partition coefficient (Wildman–Crippen LogP) is 2.38. The van der Waals surface area contributed by atoms with Gasteiger partial charge >= 0.3 is 0 Å². The summed E-state index contributed by atoms with van der Waals surface area (Å²) >= 11 is 1.86. The Morgan fingerprint density at radius 1 is 1.47 bits per heavy atom. The fourth-order valence-corrected chi connectivity index (χ4v) is 3.58. The molecule has 0 aliphatic carbocycles. The number of nitrogens with zero attached hydrogens (tertiary/aromatic N) is 3. The molecule has 0 saturated carbocycles. The highest BCUT2D eigenvalue weighted by atomic mass is 32.1. The molecule has 0 fully saturated rings. The molecule has 5 heteroatoms. The second-order valence-corrected chi connectivity index (χ2v) is 5.82. The highest BCUT2D eigenvalue weighted by Crippen LogP contribution is 2.34. The summed E-state index contributed by atoms with van der Waals surface area (Å²) in [4.78, 5) is 12.9. The third-order valence-corrected chi connectivity index (χ3v) is 4.60. The first-order valence-electron chi connectivity index (χ1n) is 6.58. The van der Waals surface area contributed by atoms with Crippen molar-refractivity contribution < 1.29 is 0 Å². The van der Waals surface area contributed by atoms with Crippen molar-refractivity contribution in [3.63, 3.8) is 0 Å². The van der Waals surface area contributed by atoms with E-state index >= 15 is 0 Å². The number of aromatic nitrogens is 2. The Hall–Kier alpha value is -1.46. The summed E-state index contributed by atoms with van der Waals surface area (Å²) in [5.74, 6) is 0.983. The molecule has 1 atom stereocenters. The Kier molecular flexibility index (Phi) is 3.48. The smallest absolute Gasteiger partial charge is 0.147 e. The van der Waals surface area contributed by atoms with E-state index in [0.717, 1.165) is 31.0 Å². The maximum absolute atomic E-state index is 4.70. The van der Waals surface area contributed by atoms with E-state index in [1.807, 2.05) is 30.8 Å². The van der Waals surface area contributed by atoms with Crippen molar-refractivity contribution in [2.75, 3.05) is 18.5 Å². The SMILES string of the molecule is CNCc1cncc(N2CCc3sccc3C2C)n1. The van der Waals surface area contributed by atoms with E-state index in [1.54, 1.807) is 0 Å². The summed E-state index contributed by atoms with van der Waals surface area (Å²) in [6.45, 7) is 4.02. The molecule has 3 rings (SSSR count). The van der Waals surface area contributed by atoms with Gasteiger partial charge in [-0.2, -0.15) is 0 Å². The molecule has 0 spiro atoms. The van der Waals surface area contributed by atoms with Gasteiger partial charge in [0.15, 0.2) is 0 Å². The standard InChI is InChI=1S/C14H18N4S/c1-10-12-4-6-19-13(12)3-5-18(10)14-9-16-8-11(17-14)7-15-2/h4,6,8-10,15H,3,5,7H2,1-2H3. The quantitative estimate of drug-likeness (QED) is 0.933. The Morgan fingerprint density at radius 3 is 3.21 bits per heavy atom. The second-order valence-electron chi connectivity index (χ2n) is 4.82. The monoisotopic (exact) mass is 274 g/mol. The van der Waals surface area contributed by atoms with Gasteiger partial charge in [-0.3, -0.25) is 4.98 Å². The van der Waals surface area contributed by atoms with Crippen molar-refractivity contribution >= 4 is 17.2 Å². The number of fused-ring (bicyclic) bond motifs is 1. The summed E-state index contributed by atoms with van der Waals surface area (Å²) in [6.07, 6.45) is 4.80. The van der Waals surface area contributed by atoms with Crippen LogP contribution in [0.15, 0.2) is 23.8 Å². The molecule has 1 N–H and O–H groups in total. The third kappa shape index (κ3) is 2.35. The molecule has 2 aromatic heterocycles. The lowest BCUT2D eigenvalue weighted by molar-refractivity contribution is 0.620. The van der Waals surface area contributed by atoms with Gasteiger partial charge < -0.3 is 10.2 Å². The van der Waals surface area contributed by atoms with Gasteiger partial charge in [0.2, 0.25) is 0 Å². The molecule has 2 aromatic rings. The van der Waals surface area contributed by atoms with Crippen LogP contribution >= 0.6 is 11.3 Å². The summed E-state index contributed by atoms with van der Waals surface area (Å²) in [7, 11) is 1.93. The van der Waals surface area contributed by atoms with Crippen LogP contribution in [0.25, 0.3) is 0 Å². The van der Waals surface area contributed by atoms with E-state index in [2.05, 4.69) is 33.6 Å². The number of hydrogen-bond donors (Lipinski definition) is 1. The lowest BCUT2D eigenvalue weighted by atomic mass is 10.0. The zero-order valence-corrected chi connectivity index (χ0v) is 12.1. The number of rotatable bonds is 3. The zero-order chi connectivity index (χ0) is 13.2. The molecule has 0 bridgehead atoms. The summed E-state index contributed by atoms with van der Waals surface area (Å²) in [6, 6.07) is 2.62. The first-order valence-corrected chi connectivity index (χ1v) is 7.46. The van der Waals surface area contributed by atoms with Gasteiger partial charge in [0.1, 0.15) is 5.82 Å². The number of nitrogens with one attached hydrogen (secondary N) is 1. The van der Waals surface area contributed by atoms with E-state index in [-0.39, 0.29) is 0 Å². The fourth-order valence-electron chi connectivity index (χ4n) is 2.62. The lowest BCUT2D eigenvalue weighted by Crippen LogP contribution is -2.34. The highest BCUT2D eigenvalue weighted by Gasteiger charge is 2.25. The molecule has 0 aromatic carbocycles. The number of hydrogen-bond acceptors (Lipinski definition) is 5. The van der Waals surface area contributed by atoms with Crippen LogP contribution in [0.3, 0.4) is 0 Å². The number of anilines is 1. The van der Waals surface area contributed by atoms with Gasteiger partial charge in [0.05, 0.1) is 17.9 Å². The molecule has 1 unspecified atom stereocenters. The Morgan fingerprint density at radius 2 is 2.37 bits per heavy atom. The van der Waals surface area contributed by atoms with Crippen LogP contribution in [0, 0.1) is 0 Å². The topological polar surface area (TPSA) is 41.1 Å². The first kappa shape index (κ1) is 12.6. The maximum Gasteiger partial charge on any atom is 0.147 e. The zero-order valence-electron chi connectivity index (χ0n) is 11.3. The van der Waals surface area contributed by atoms with Crippen LogP contribution in [-0.2, 0) is 13.0 Å². The number of thiophene rings is 1. The minimum Gasteiger partial charge on any atom is -0.348 e. The largest absolute Gasteiger partial charge is 0.348 e. The van der Waals surface area contributed by atoms with Gasteiger partial charge in [-0.05, 0) is 37.4 Å². The summed E-state index contributed by atoms with van der Waals surface area (Å²) in [5, 5.41) is 5.31. The molecule has 19 heavy (non-hydrogen) atoms. The van der Waals surface area contributed by atoms with E-state index in [4.69, 9.17) is 4.98 Å². The van der Waals surface area contributed by atoms with Crippen LogP contribution in [0.1, 0.15) is 29.1 Å². The van der Waals surface area contributed by atoms with Crippen LogP contribution < -0.4 is 10.2 Å². The average Bonchev–Trinajstić information content (AvgIpc) is 2.89. The van der Waals surface area contributed by atoms with Crippen molar-refractivity contribution in [1.82, 2.24) is 15.3 Å². The van der Waals surface area contributed by atoms with Crippen molar-refractivity contribution in [1.29, 1.82) is 0 Å². The molecule has 0 amide bonds. The first-order chi connectivity index (χ1) is 9.29. The van der Waals surface area contributed by atoms with E-state index in [1.165, 1.54) is 10.4 Å². The molecule has 3 heterocycles. The molecular weight excluding hydrogens is 256 g/mol. The minimum atomic E-state index is 0.383.